The molecule has 0 aliphatic carbocycles. The first-order chi connectivity index (χ1) is 9.54. The van der Waals surface area contributed by atoms with Gasteiger partial charge < -0.3 is 15.0 Å². The molecule has 0 amide bonds. The highest BCUT2D eigenvalue weighted by molar-refractivity contribution is 6.30. The smallest absolute Gasteiger partial charge is 0.121 e. The van der Waals surface area contributed by atoms with Crippen molar-refractivity contribution in [1.82, 2.24) is 10.2 Å². The molecule has 1 aliphatic heterocycles. The molecule has 4 heteroatoms. The maximum absolute atomic E-state index is 6.22. The van der Waals surface area contributed by atoms with Crippen molar-refractivity contribution in [2.24, 2.45) is 5.92 Å². The molecule has 1 heterocycles. The molecule has 1 N–H and O–H groups in total. The molecule has 0 unspecified atom stereocenters. The standard InChI is InChI=1S/C16H25ClN2O/c1-12-4-5-16(18-11-12)13-8-14(17)10-15(9-13)20-7-6-19(2)3/h8-10,12,16,18H,4-7,11H2,1-3H3/t12-,16+/m0/s1. The molecule has 1 fully saturated rings. The second kappa shape index (κ2) is 7.30. The number of ether oxygens (including phenoxy) is 1. The lowest BCUT2D eigenvalue weighted by molar-refractivity contribution is 0.260. The van der Waals surface area contributed by atoms with Crippen LogP contribution in [0.25, 0.3) is 0 Å². The zero-order valence-corrected chi connectivity index (χ0v) is 13.4. The van der Waals surface area contributed by atoms with Crippen LogP contribution in [-0.4, -0.2) is 38.7 Å². The van der Waals surface area contributed by atoms with Crippen molar-refractivity contribution in [2.75, 3.05) is 33.8 Å². The lowest BCUT2D eigenvalue weighted by atomic mass is 9.92. The average molecular weight is 297 g/mol. The summed E-state index contributed by atoms with van der Waals surface area (Å²) in [5, 5.41) is 4.34. The first kappa shape index (κ1) is 15.6. The summed E-state index contributed by atoms with van der Waals surface area (Å²) in [5.41, 5.74) is 1.24. The van der Waals surface area contributed by atoms with Crippen LogP contribution in [0.1, 0.15) is 31.4 Å². The Balaban J connectivity index is 2.00. The van der Waals surface area contributed by atoms with Crippen molar-refractivity contribution in [3.63, 3.8) is 0 Å². The van der Waals surface area contributed by atoms with Crippen LogP contribution in [0.2, 0.25) is 5.02 Å². The normalized spacial score (nSPS) is 23.1. The van der Waals surface area contributed by atoms with E-state index < -0.39 is 0 Å². The van der Waals surface area contributed by atoms with Crippen molar-refractivity contribution in [3.8, 4) is 5.75 Å². The second-order valence-electron chi connectivity index (χ2n) is 6.02. The molecule has 1 aliphatic rings. The first-order valence-electron chi connectivity index (χ1n) is 7.36. The van der Waals surface area contributed by atoms with Crippen LogP contribution in [0, 0.1) is 5.92 Å². The number of rotatable bonds is 5. The Labute approximate surface area is 127 Å². The van der Waals surface area contributed by atoms with E-state index >= 15 is 0 Å². The van der Waals surface area contributed by atoms with E-state index in [1.165, 1.54) is 18.4 Å². The fourth-order valence-electron chi connectivity index (χ4n) is 2.50. The number of hydrogen-bond donors (Lipinski definition) is 1. The highest BCUT2D eigenvalue weighted by Crippen LogP contribution is 2.30. The Morgan fingerprint density at radius 3 is 2.75 bits per heavy atom. The first-order valence-corrected chi connectivity index (χ1v) is 7.74. The van der Waals surface area contributed by atoms with E-state index in [-0.39, 0.29) is 0 Å². The molecule has 0 bridgehead atoms. The van der Waals surface area contributed by atoms with Crippen molar-refractivity contribution in [2.45, 2.75) is 25.8 Å². The number of benzene rings is 1. The van der Waals surface area contributed by atoms with Gasteiger partial charge in [0.1, 0.15) is 12.4 Å². The summed E-state index contributed by atoms with van der Waals surface area (Å²) < 4.78 is 5.80. The van der Waals surface area contributed by atoms with Gasteiger partial charge in [0.15, 0.2) is 0 Å². The van der Waals surface area contributed by atoms with Crippen LogP contribution in [-0.2, 0) is 0 Å². The van der Waals surface area contributed by atoms with Gasteiger partial charge in [0.05, 0.1) is 0 Å². The van der Waals surface area contributed by atoms with Gasteiger partial charge in [-0.3, -0.25) is 0 Å². The molecular formula is C16H25ClN2O. The minimum absolute atomic E-state index is 0.404. The molecule has 1 aromatic carbocycles. The van der Waals surface area contributed by atoms with Gasteiger partial charge in [-0.1, -0.05) is 18.5 Å². The molecule has 0 radical (unpaired) electrons. The molecule has 3 nitrogen and oxygen atoms in total. The van der Waals surface area contributed by atoms with Gasteiger partial charge in [0, 0.05) is 17.6 Å². The summed E-state index contributed by atoms with van der Waals surface area (Å²) in [7, 11) is 4.08. The Bertz CT molecular complexity index is 428. The van der Waals surface area contributed by atoms with Crippen LogP contribution in [0.3, 0.4) is 0 Å². The predicted molar refractivity (Wildman–Crippen MR) is 84.6 cm³/mol. The molecule has 1 saturated heterocycles. The number of hydrogen-bond acceptors (Lipinski definition) is 3. The van der Waals surface area contributed by atoms with Gasteiger partial charge >= 0.3 is 0 Å². The molecule has 1 aromatic rings. The fourth-order valence-corrected chi connectivity index (χ4v) is 2.73. The number of nitrogens with one attached hydrogen (secondary N) is 1. The van der Waals surface area contributed by atoms with E-state index in [0.29, 0.717) is 12.6 Å². The summed E-state index contributed by atoms with van der Waals surface area (Å²) in [6, 6.07) is 6.47. The fraction of sp³-hybridized carbons (Fsp3) is 0.625. The molecule has 0 spiro atoms. The van der Waals surface area contributed by atoms with Crippen molar-refractivity contribution in [3.05, 3.63) is 28.8 Å². The van der Waals surface area contributed by atoms with Gasteiger partial charge in [-0.25, -0.2) is 0 Å². The number of piperidine rings is 1. The highest BCUT2D eigenvalue weighted by atomic mass is 35.5. The zero-order chi connectivity index (χ0) is 14.5. The lowest BCUT2D eigenvalue weighted by Gasteiger charge is -2.28. The van der Waals surface area contributed by atoms with Crippen molar-refractivity contribution >= 4 is 11.6 Å². The van der Waals surface area contributed by atoms with Crippen molar-refractivity contribution in [1.29, 1.82) is 0 Å². The van der Waals surface area contributed by atoms with E-state index in [9.17, 15) is 0 Å². The Kier molecular flexibility index (Phi) is 5.70. The Morgan fingerprint density at radius 1 is 1.30 bits per heavy atom. The molecule has 2 atom stereocenters. The van der Waals surface area contributed by atoms with Crippen LogP contribution >= 0.6 is 11.6 Å². The van der Waals surface area contributed by atoms with E-state index in [2.05, 4.69) is 23.2 Å². The summed E-state index contributed by atoms with van der Waals surface area (Å²) >= 11 is 6.22. The van der Waals surface area contributed by atoms with Crippen LogP contribution in [0.4, 0.5) is 0 Å². The molecule has 0 saturated carbocycles. The monoisotopic (exact) mass is 296 g/mol. The Hall–Kier alpha value is -0.770. The van der Waals surface area contributed by atoms with Gasteiger partial charge in [0.25, 0.3) is 0 Å². The third-order valence-electron chi connectivity index (χ3n) is 3.76. The summed E-state index contributed by atoms with van der Waals surface area (Å²) in [6.07, 6.45) is 2.43. The Morgan fingerprint density at radius 2 is 2.10 bits per heavy atom. The average Bonchev–Trinajstić information content (AvgIpc) is 2.38. The summed E-state index contributed by atoms with van der Waals surface area (Å²) in [5.74, 6) is 1.64. The number of likely N-dealkylation sites (N-methyl/N-ethyl adjacent to an activating group) is 1. The molecule has 112 valence electrons. The molecule has 0 aromatic heterocycles. The SMILES string of the molecule is C[C@H]1CC[C@H](c2cc(Cl)cc(OCCN(C)C)c2)NC1. The van der Waals surface area contributed by atoms with Crippen LogP contribution < -0.4 is 10.1 Å². The third kappa shape index (κ3) is 4.65. The van der Waals surface area contributed by atoms with E-state index in [1.54, 1.807) is 0 Å². The molecular weight excluding hydrogens is 272 g/mol. The minimum Gasteiger partial charge on any atom is -0.492 e. The maximum Gasteiger partial charge on any atom is 0.121 e. The quantitative estimate of drug-likeness (QED) is 0.902. The third-order valence-corrected chi connectivity index (χ3v) is 3.98. The maximum atomic E-state index is 6.22. The summed E-state index contributed by atoms with van der Waals surface area (Å²) in [6.45, 7) is 4.95. The van der Waals surface area contributed by atoms with E-state index in [1.807, 2.05) is 26.2 Å². The van der Waals surface area contributed by atoms with Gasteiger partial charge in [-0.15, -0.1) is 0 Å². The molecule has 2 rings (SSSR count). The largest absolute Gasteiger partial charge is 0.492 e. The number of halogens is 1. The van der Waals surface area contributed by atoms with E-state index in [4.69, 9.17) is 16.3 Å². The summed E-state index contributed by atoms with van der Waals surface area (Å²) in [4.78, 5) is 2.11. The predicted octanol–water partition coefficient (Wildman–Crippen LogP) is 3.34. The van der Waals surface area contributed by atoms with Gasteiger partial charge in [0.2, 0.25) is 0 Å². The second-order valence-corrected chi connectivity index (χ2v) is 6.45. The lowest BCUT2D eigenvalue weighted by Crippen LogP contribution is -2.31. The van der Waals surface area contributed by atoms with Gasteiger partial charge in [-0.2, -0.15) is 0 Å². The van der Waals surface area contributed by atoms with E-state index in [0.717, 1.165) is 29.8 Å². The minimum atomic E-state index is 0.404. The van der Waals surface area contributed by atoms with Gasteiger partial charge in [-0.05, 0) is 63.2 Å². The van der Waals surface area contributed by atoms with Crippen molar-refractivity contribution < 1.29 is 4.74 Å². The highest BCUT2D eigenvalue weighted by Gasteiger charge is 2.19. The van der Waals surface area contributed by atoms with Crippen LogP contribution in [0.15, 0.2) is 18.2 Å². The number of nitrogens with zero attached hydrogens (tertiary/aromatic N) is 1. The molecule has 20 heavy (non-hydrogen) atoms. The zero-order valence-electron chi connectivity index (χ0n) is 12.7. The topological polar surface area (TPSA) is 24.5 Å². The van der Waals surface area contributed by atoms with Crippen LogP contribution in [0.5, 0.6) is 5.75 Å².